The monoisotopic (exact) mass is 317 g/mol. The van der Waals surface area contributed by atoms with Gasteiger partial charge in [-0.15, -0.1) is 0 Å². The molecule has 0 aromatic carbocycles. The van der Waals surface area contributed by atoms with E-state index in [0.717, 1.165) is 17.9 Å². The van der Waals surface area contributed by atoms with E-state index in [1.54, 1.807) is 16.7 Å². The fraction of sp³-hybridized carbons (Fsp3) is 0.867. The fourth-order valence-electron chi connectivity index (χ4n) is 2.61. The van der Waals surface area contributed by atoms with Gasteiger partial charge < -0.3 is 9.47 Å². The molecular formula is C15H27NO4S. The summed E-state index contributed by atoms with van der Waals surface area (Å²) in [5.74, 6) is 1.48. The number of thioether (sulfide) groups is 1. The lowest BCUT2D eigenvalue weighted by Crippen LogP contribution is -2.55. The number of carbonyl (C=O) groups excluding carboxylic acids is 2. The van der Waals surface area contributed by atoms with Crippen molar-refractivity contribution in [1.82, 2.24) is 4.90 Å². The lowest BCUT2D eigenvalue weighted by atomic mass is 9.93. The van der Waals surface area contributed by atoms with Crippen LogP contribution in [0.25, 0.3) is 0 Å². The lowest BCUT2D eigenvalue weighted by Gasteiger charge is -2.36. The van der Waals surface area contributed by atoms with Crippen molar-refractivity contribution in [1.29, 1.82) is 0 Å². The van der Waals surface area contributed by atoms with E-state index in [1.807, 2.05) is 20.8 Å². The van der Waals surface area contributed by atoms with Crippen LogP contribution < -0.4 is 0 Å². The zero-order valence-electron chi connectivity index (χ0n) is 13.7. The van der Waals surface area contributed by atoms with Crippen LogP contribution in [0.3, 0.4) is 0 Å². The molecule has 0 aliphatic carbocycles. The molecule has 1 saturated heterocycles. The topological polar surface area (TPSA) is 55.8 Å². The van der Waals surface area contributed by atoms with E-state index >= 15 is 0 Å². The number of esters is 1. The highest BCUT2D eigenvalue weighted by Crippen LogP contribution is 2.36. The minimum absolute atomic E-state index is 0.331. The Morgan fingerprint density at radius 2 is 2.00 bits per heavy atom. The molecule has 1 amide bonds. The molecule has 21 heavy (non-hydrogen) atoms. The molecule has 6 heteroatoms. The molecule has 1 unspecified atom stereocenters. The highest BCUT2D eigenvalue weighted by atomic mass is 32.2. The van der Waals surface area contributed by atoms with Gasteiger partial charge in [0, 0.05) is 6.54 Å². The van der Waals surface area contributed by atoms with E-state index in [-0.39, 0.29) is 5.97 Å². The second-order valence-electron chi connectivity index (χ2n) is 6.21. The van der Waals surface area contributed by atoms with E-state index in [0.29, 0.717) is 19.4 Å². The number of rotatable bonds is 5. The number of amides is 1. The molecule has 122 valence electrons. The summed E-state index contributed by atoms with van der Waals surface area (Å²) in [6, 6.07) is 0. The van der Waals surface area contributed by atoms with Crippen molar-refractivity contribution >= 4 is 23.8 Å². The van der Waals surface area contributed by atoms with Gasteiger partial charge in [0.1, 0.15) is 11.1 Å². The number of hydrogen-bond acceptors (Lipinski definition) is 5. The van der Waals surface area contributed by atoms with Gasteiger partial charge in [-0.25, -0.2) is 9.59 Å². The molecule has 0 aromatic rings. The normalized spacial score (nSPS) is 22.2. The second-order valence-corrected chi connectivity index (χ2v) is 7.60. The first-order chi connectivity index (χ1) is 9.77. The largest absolute Gasteiger partial charge is 0.467 e. The number of hydrogen-bond donors (Lipinski definition) is 0. The van der Waals surface area contributed by atoms with Crippen LogP contribution >= 0.6 is 11.8 Å². The number of likely N-dealkylation sites (tertiary alicyclic amines) is 1. The second kappa shape index (κ2) is 7.38. The van der Waals surface area contributed by atoms with Gasteiger partial charge in [-0.3, -0.25) is 4.90 Å². The zero-order valence-corrected chi connectivity index (χ0v) is 14.5. The third-order valence-electron chi connectivity index (χ3n) is 3.53. The van der Waals surface area contributed by atoms with Crippen LogP contribution in [0.15, 0.2) is 0 Å². The van der Waals surface area contributed by atoms with E-state index in [9.17, 15) is 9.59 Å². The fourth-order valence-corrected chi connectivity index (χ4v) is 3.38. The number of methoxy groups -OCH3 is 1. The summed E-state index contributed by atoms with van der Waals surface area (Å²) < 4.78 is 10.4. The summed E-state index contributed by atoms with van der Waals surface area (Å²) in [6.45, 7) is 8.10. The van der Waals surface area contributed by atoms with Gasteiger partial charge in [0.15, 0.2) is 0 Å². The van der Waals surface area contributed by atoms with Crippen LogP contribution in [-0.2, 0) is 14.3 Å². The maximum atomic E-state index is 12.4. The molecule has 0 N–H and O–H groups in total. The predicted molar refractivity (Wildman–Crippen MR) is 84.5 cm³/mol. The van der Waals surface area contributed by atoms with Crippen molar-refractivity contribution in [3.8, 4) is 0 Å². The minimum atomic E-state index is -0.862. The molecule has 0 saturated carbocycles. The zero-order chi connectivity index (χ0) is 16.1. The van der Waals surface area contributed by atoms with Gasteiger partial charge in [-0.1, -0.05) is 6.92 Å². The molecule has 1 atom stereocenters. The van der Waals surface area contributed by atoms with Crippen LogP contribution in [0.4, 0.5) is 4.79 Å². The van der Waals surface area contributed by atoms with Crippen LogP contribution in [-0.4, -0.2) is 53.3 Å². The first-order valence-electron chi connectivity index (χ1n) is 7.43. The molecule has 1 heterocycles. The minimum Gasteiger partial charge on any atom is -0.467 e. The summed E-state index contributed by atoms with van der Waals surface area (Å²) >= 11 is 1.76. The van der Waals surface area contributed by atoms with Gasteiger partial charge in [0.05, 0.1) is 7.11 Å². The Bertz CT molecular complexity index is 380. The third kappa shape index (κ3) is 4.53. The molecule has 0 spiro atoms. The van der Waals surface area contributed by atoms with Crippen LogP contribution in [0.2, 0.25) is 0 Å². The van der Waals surface area contributed by atoms with Gasteiger partial charge in [-0.05, 0) is 51.5 Å². The SMILES string of the molecule is CCSCCC1(C(=O)OC)CCCN1C(=O)OC(C)(C)C. The molecule has 1 aliphatic heterocycles. The number of ether oxygens (including phenoxy) is 2. The standard InChI is InChI=1S/C15H27NO4S/c1-6-21-11-9-15(12(17)19-5)8-7-10-16(15)13(18)20-14(2,3)4/h6-11H2,1-5H3. The Morgan fingerprint density at radius 3 is 2.52 bits per heavy atom. The lowest BCUT2D eigenvalue weighted by molar-refractivity contribution is -0.153. The summed E-state index contributed by atoms with van der Waals surface area (Å²) in [4.78, 5) is 26.3. The predicted octanol–water partition coefficient (Wildman–Crippen LogP) is 3.07. The van der Waals surface area contributed by atoms with Crippen molar-refractivity contribution in [2.75, 3.05) is 25.2 Å². The third-order valence-corrected chi connectivity index (χ3v) is 4.43. The van der Waals surface area contributed by atoms with Crippen molar-refractivity contribution in [2.45, 2.75) is 58.1 Å². The summed E-state index contributed by atoms with van der Waals surface area (Å²) in [5, 5.41) is 0. The molecule has 1 fully saturated rings. The average Bonchev–Trinajstić information content (AvgIpc) is 2.81. The number of nitrogens with zero attached hydrogens (tertiary/aromatic N) is 1. The average molecular weight is 317 g/mol. The van der Waals surface area contributed by atoms with E-state index in [2.05, 4.69) is 6.92 Å². The maximum absolute atomic E-state index is 12.4. The first kappa shape index (κ1) is 18.1. The highest BCUT2D eigenvalue weighted by Gasteiger charge is 2.51. The van der Waals surface area contributed by atoms with E-state index in [4.69, 9.17) is 9.47 Å². The molecule has 0 radical (unpaired) electrons. The molecule has 0 bridgehead atoms. The van der Waals surface area contributed by atoms with Crippen molar-refractivity contribution in [3.05, 3.63) is 0 Å². The van der Waals surface area contributed by atoms with Crippen LogP contribution in [0.5, 0.6) is 0 Å². The Labute approximate surface area is 131 Å². The van der Waals surface area contributed by atoms with Crippen molar-refractivity contribution in [3.63, 3.8) is 0 Å². The van der Waals surface area contributed by atoms with E-state index in [1.165, 1.54) is 7.11 Å². The summed E-state index contributed by atoms with van der Waals surface area (Å²) in [7, 11) is 1.38. The Morgan fingerprint density at radius 1 is 1.33 bits per heavy atom. The molecule has 5 nitrogen and oxygen atoms in total. The van der Waals surface area contributed by atoms with Gasteiger partial charge in [0.2, 0.25) is 0 Å². The molecule has 1 aliphatic rings. The maximum Gasteiger partial charge on any atom is 0.411 e. The van der Waals surface area contributed by atoms with Gasteiger partial charge in [0.25, 0.3) is 0 Å². The highest BCUT2D eigenvalue weighted by molar-refractivity contribution is 7.99. The molecule has 0 aromatic heterocycles. The van der Waals surface area contributed by atoms with E-state index < -0.39 is 17.2 Å². The summed E-state index contributed by atoms with van der Waals surface area (Å²) in [5.41, 5.74) is -1.43. The molecule has 1 rings (SSSR count). The number of carbonyl (C=O) groups is 2. The Hall–Kier alpha value is -0.910. The smallest absolute Gasteiger partial charge is 0.411 e. The van der Waals surface area contributed by atoms with Crippen LogP contribution in [0.1, 0.15) is 47.0 Å². The van der Waals surface area contributed by atoms with Crippen LogP contribution in [0, 0.1) is 0 Å². The van der Waals surface area contributed by atoms with Gasteiger partial charge in [-0.2, -0.15) is 11.8 Å². The summed E-state index contributed by atoms with van der Waals surface area (Å²) in [6.07, 6.45) is 1.62. The Kier molecular flexibility index (Phi) is 6.38. The first-order valence-corrected chi connectivity index (χ1v) is 8.59. The van der Waals surface area contributed by atoms with Gasteiger partial charge >= 0.3 is 12.1 Å². The molecular weight excluding hydrogens is 290 g/mol. The van der Waals surface area contributed by atoms with Crippen molar-refractivity contribution < 1.29 is 19.1 Å². The van der Waals surface area contributed by atoms with Crippen molar-refractivity contribution in [2.24, 2.45) is 0 Å². The quantitative estimate of drug-likeness (QED) is 0.576. The Balaban J connectivity index is 2.93.